The standard InChI is InChI=1S/C71H59N2/c1-70(2)64-32-13-12-28-60(64)62-31-17-33-65(69(62)70)72(54-23-14-22-52(41-54)59-30-16-21-51-20-15-29-58(68(51)59)50-18-6-3-7-19-50)55-35-36-61-63-42-53(71-44-47-38-48(45-71)40-49(39-47)46-71)34-37-66(63)73(67(61)43-55,56-24-8-4-9-25-56)57-26-10-5-11-27-57/h3-37,41-43,47-49H,38-40,44-46H2,1-2H3/q+1. The number of rotatable bonds is 8. The van der Waals surface area contributed by atoms with Crippen LogP contribution >= 0.6 is 0 Å². The molecule has 4 fully saturated rings. The van der Waals surface area contributed by atoms with Gasteiger partial charge in [-0.1, -0.05) is 172 Å². The Bertz CT molecular complexity index is 3730. The van der Waals surface area contributed by atoms with E-state index in [9.17, 15) is 0 Å². The monoisotopic (exact) mass is 939 g/mol. The number of quaternary nitrogens is 1. The summed E-state index contributed by atoms with van der Waals surface area (Å²) >= 11 is 0. The number of benzene rings is 10. The first-order valence-electron chi connectivity index (χ1n) is 26.9. The van der Waals surface area contributed by atoms with Gasteiger partial charge >= 0.3 is 0 Å². The lowest BCUT2D eigenvalue weighted by molar-refractivity contribution is -0.00516. The largest absolute Gasteiger partial charge is 0.310 e. The highest BCUT2D eigenvalue weighted by atomic mass is 15.4. The molecule has 73 heavy (non-hydrogen) atoms. The van der Waals surface area contributed by atoms with Crippen LogP contribution in [-0.4, -0.2) is 0 Å². The molecule has 0 atom stereocenters. The third kappa shape index (κ3) is 6.33. The normalized spacial score (nSPS) is 21.1. The molecule has 10 aromatic rings. The van der Waals surface area contributed by atoms with Crippen molar-refractivity contribution in [2.45, 2.75) is 63.2 Å². The quantitative estimate of drug-likeness (QED) is 0.137. The van der Waals surface area contributed by atoms with Gasteiger partial charge in [0, 0.05) is 47.5 Å². The van der Waals surface area contributed by atoms with Crippen LogP contribution in [0.2, 0.25) is 0 Å². The lowest BCUT2D eigenvalue weighted by Crippen LogP contribution is -2.48. The van der Waals surface area contributed by atoms with Crippen LogP contribution in [0.5, 0.6) is 0 Å². The summed E-state index contributed by atoms with van der Waals surface area (Å²) in [5, 5.41) is 2.51. The highest BCUT2D eigenvalue weighted by Gasteiger charge is 2.54. The molecule has 1 heterocycles. The Hall–Kier alpha value is -7.78. The predicted octanol–water partition coefficient (Wildman–Crippen LogP) is 19.7. The fraction of sp³-hybridized carbons (Fsp3) is 0.183. The minimum atomic E-state index is -0.243. The second-order valence-electron chi connectivity index (χ2n) is 22.8. The van der Waals surface area contributed by atoms with Crippen molar-refractivity contribution >= 4 is 50.6 Å². The number of hydrogen-bond donors (Lipinski definition) is 0. The van der Waals surface area contributed by atoms with Crippen LogP contribution < -0.4 is 9.38 Å². The van der Waals surface area contributed by atoms with Crippen LogP contribution in [0.1, 0.15) is 69.1 Å². The SMILES string of the molecule is CC1(C)c2ccccc2-c2cccc(N(c3cccc(-c4cccc5cccc(-c6ccccc6)c45)c3)c3ccc4c(c3)[N+](c3ccccc3)(c3ccccc3)c3ccc(C56CC7CC(CC(C7)C5)C6)cc3-4)c21. The van der Waals surface area contributed by atoms with Gasteiger partial charge in [-0.25, -0.2) is 0 Å². The Morgan fingerprint density at radius 2 is 0.973 bits per heavy atom. The molecule has 0 radical (unpaired) electrons. The molecular formula is C71H59N2+. The van der Waals surface area contributed by atoms with Crippen molar-refractivity contribution in [3.8, 4) is 44.5 Å². The number of para-hydroxylation sites is 2. The van der Waals surface area contributed by atoms with Crippen molar-refractivity contribution in [2.75, 3.05) is 4.90 Å². The molecule has 2 nitrogen and oxygen atoms in total. The van der Waals surface area contributed by atoms with Crippen LogP contribution in [0.4, 0.5) is 39.8 Å². The van der Waals surface area contributed by atoms with E-state index in [1.807, 2.05) is 0 Å². The van der Waals surface area contributed by atoms with Gasteiger partial charge in [0.05, 0.1) is 22.5 Å². The molecule has 0 spiro atoms. The maximum atomic E-state index is 2.67. The van der Waals surface area contributed by atoms with E-state index in [2.05, 4.69) is 249 Å². The van der Waals surface area contributed by atoms with E-state index in [-0.39, 0.29) is 10.8 Å². The Labute approximate surface area is 430 Å². The van der Waals surface area contributed by atoms with Crippen LogP contribution in [0.3, 0.4) is 0 Å². The van der Waals surface area contributed by atoms with E-state index in [1.54, 1.807) is 5.56 Å². The summed E-state index contributed by atoms with van der Waals surface area (Å²) in [6.45, 7) is 4.84. The molecule has 1 aliphatic heterocycles. The van der Waals surface area contributed by atoms with E-state index in [0.29, 0.717) is 4.48 Å². The smallest absolute Gasteiger partial charge is 0.158 e. The summed E-state index contributed by atoms with van der Waals surface area (Å²) in [7, 11) is 0. The highest BCUT2D eigenvalue weighted by Crippen LogP contribution is 2.66. The van der Waals surface area contributed by atoms with Crippen LogP contribution in [0.25, 0.3) is 55.3 Å². The zero-order valence-electron chi connectivity index (χ0n) is 41.8. The van der Waals surface area contributed by atoms with Gasteiger partial charge in [0.1, 0.15) is 11.4 Å². The van der Waals surface area contributed by atoms with Crippen molar-refractivity contribution < 1.29 is 0 Å². The summed E-state index contributed by atoms with van der Waals surface area (Å²) in [5.74, 6) is 2.64. The van der Waals surface area contributed by atoms with Crippen LogP contribution in [0, 0.1) is 17.8 Å². The topological polar surface area (TPSA) is 3.24 Å². The van der Waals surface area contributed by atoms with Gasteiger partial charge in [-0.15, -0.1) is 0 Å². The molecule has 0 aromatic heterocycles. The van der Waals surface area contributed by atoms with Gasteiger partial charge in [0.15, 0.2) is 11.4 Å². The molecule has 0 saturated heterocycles. The van der Waals surface area contributed by atoms with E-state index < -0.39 is 0 Å². The average Bonchev–Trinajstić information content (AvgIpc) is 3.88. The van der Waals surface area contributed by atoms with Crippen LogP contribution in [0.15, 0.2) is 231 Å². The first kappa shape index (κ1) is 42.9. The van der Waals surface area contributed by atoms with E-state index in [0.717, 1.165) is 29.1 Å². The maximum absolute atomic E-state index is 2.67. The van der Waals surface area contributed by atoms with Gasteiger partial charge in [0.2, 0.25) is 0 Å². The summed E-state index contributed by atoms with van der Waals surface area (Å²) in [4.78, 5) is 2.59. The average molecular weight is 940 g/mol. The van der Waals surface area contributed by atoms with Crippen molar-refractivity contribution in [3.05, 3.63) is 247 Å². The number of anilines is 3. The van der Waals surface area contributed by atoms with Gasteiger partial charge in [-0.05, 0) is 159 Å². The second-order valence-corrected chi connectivity index (χ2v) is 22.8. The van der Waals surface area contributed by atoms with Crippen molar-refractivity contribution in [1.29, 1.82) is 0 Å². The molecule has 0 unspecified atom stereocenters. The Morgan fingerprint density at radius 1 is 0.411 bits per heavy atom. The summed E-state index contributed by atoms with van der Waals surface area (Å²) in [6, 6.07) is 87.7. The van der Waals surface area contributed by atoms with Crippen molar-refractivity contribution in [1.82, 2.24) is 4.48 Å². The molecule has 4 bridgehead atoms. The van der Waals surface area contributed by atoms with Crippen molar-refractivity contribution in [2.24, 2.45) is 17.8 Å². The summed E-state index contributed by atoms with van der Waals surface area (Å²) < 4.78 is 0.511. The number of fused-ring (bicyclic) bond motifs is 7. The first-order valence-corrected chi connectivity index (χ1v) is 26.9. The van der Waals surface area contributed by atoms with E-state index >= 15 is 0 Å². The Kier molecular flexibility index (Phi) is 9.46. The predicted molar refractivity (Wildman–Crippen MR) is 306 cm³/mol. The zero-order chi connectivity index (χ0) is 48.5. The number of nitrogens with zero attached hydrogens (tertiary/aromatic N) is 2. The molecular weight excluding hydrogens is 881 g/mol. The van der Waals surface area contributed by atoms with Gasteiger partial charge < -0.3 is 4.90 Å². The zero-order valence-corrected chi connectivity index (χ0v) is 41.8. The lowest BCUT2D eigenvalue weighted by Gasteiger charge is -2.57. The summed E-state index contributed by atoms with van der Waals surface area (Å²) in [5.41, 5.74) is 23.1. The molecule has 2 heteroatoms. The number of hydrogen-bond acceptors (Lipinski definition) is 1. The fourth-order valence-corrected chi connectivity index (χ4v) is 15.8. The molecule has 0 amide bonds. The molecule has 0 N–H and O–H groups in total. The van der Waals surface area contributed by atoms with Gasteiger partial charge in [-0.2, -0.15) is 4.48 Å². The lowest BCUT2D eigenvalue weighted by atomic mass is 9.48. The fourth-order valence-electron chi connectivity index (χ4n) is 15.8. The second kappa shape index (κ2) is 16.1. The van der Waals surface area contributed by atoms with Crippen LogP contribution in [-0.2, 0) is 10.8 Å². The molecule has 352 valence electrons. The van der Waals surface area contributed by atoms with Gasteiger partial charge in [0.25, 0.3) is 0 Å². The Morgan fingerprint density at radius 3 is 1.67 bits per heavy atom. The minimum Gasteiger partial charge on any atom is -0.310 e. The molecule has 5 aliphatic carbocycles. The molecule has 4 saturated carbocycles. The molecule has 10 aromatic carbocycles. The van der Waals surface area contributed by atoms with E-state index in [1.165, 1.54) is 133 Å². The molecule has 6 aliphatic rings. The minimum absolute atomic E-state index is 0.243. The molecule has 16 rings (SSSR count). The van der Waals surface area contributed by atoms with Crippen molar-refractivity contribution in [3.63, 3.8) is 0 Å². The Balaban J connectivity index is 0.982. The third-order valence-electron chi connectivity index (χ3n) is 18.4. The first-order chi connectivity index (χ1) is 35.9. The third-order valence-corrected chi connectivity index (χ3v) is 18.4. The van der Waals surface area contributed by atoms with E-state index in [4.69, 9.17) is 0 Å². The summed E-state index contributed by atoms with van der Waals surface area (Å²) in [6.07, 6.45) is 8.39. The van der Waals surface area contributed by atoms with Gasteiger partial charge in [-0.3, -0.25) is 0 Å². The highest BCUT2D eigenvalue weighted by molar-refractivity contribution is 6.08. The maximum Gasteiger partial charge on any atom is 0.158 e.